The van der Waals surface area contributed by atoms with E-state index < -0.39 is 13.0 Å². The van der Waals surface area contributed by atoms with Gasteiger partial charge in [-0.1, -0.05) is 31.5 Å². The molecule has 0 saturated heterocycles. The van der Waals surface area contributed by atoms with E-state index in [2.05, 4.69) is 6.92 Å². The fourth-order valence-electron chi connectivity index (χ4n) is 2.78. The van der Waals surface area contributed by atoms with Crippen molar-refractivity contribution in [3.05, 3.63) is 30.3 Å². The summed E-state index contributed by atoms with van der Waals surface area (Å²) in [4.78, 5) is 0. The highest BCUT2D eigenvalue weighted by Gasteiger charge is 2.52. The molecular weight excluding hydrogens is 271 g/mol. The van der Waals surface area contributed by atoms with Gasteiger partial charge in [0.2, 0.25) is 7.37 Å². The lowest BCUT2D eigenvalue weighted by Gasteiger charge is -2.23. The minimum atomic E-state index is -2.88. The van der Waals surface area contributed by atoms with E-state index >= 15 is 0 Å². The first kappa shape index (κ1) is 15.8. The third-order valence-corrected chi connectivity index (χ3v) is 6.72. The van der Waals surface area contributed by atoms with Crippen molar-refractivity contribution in [3.8, 4) is 0 Å². The van der Waals surface area contributed by atoms with Gasteiger partial charge in [0.1, 0.15) is 0 Å². The molecule has 0 spiro atoms. The van der Waals surface area contributed by atoms with E-state index in [-0.39, 0.29) is 6.10 Å². The van der Waals surface area contributed by atoms with E-state index in [0.717, 1.165) is 18.1 Å². The molecule has 1 saturated carbocycles. The number of hydrogen-bond donors (Lipinski definition) is 1. The summed E-state index contributed by atoms with van der Waals surface area (Å²) in [7, 11) is -2.88. The summed E-state index contributed by atoms with van der Waals surface area (Å²) in [6.07, 6.45) is 2.71. The summed E-state index contributed by atoms with van der Waals surface area (Å²) in [5, 5.41) is 11.1. The van der Waals surface area contributed by atoms with E-state index in [0.29, 0.717) is 18.5 Å². The van der Waals surface area contributed by atoms with E-state index in [1.165, 1.54) is 0 Å². The molecule has 0 aliphatic heterocycles. The van der Waals surface area contributed by atoms with Crippen LogP contribution in [0.5, 0.6) is 0 Å². The Morgan fingerprint density at radius 3 is 2.55 bits per heavy atom. The van der Waals surface area contributed by atoms with Crippen LogP contribution in [0.1, 0.15) is 40.0 Å². The zero-order valence-corrected chi connectivity index (χ0v) is 13.5. The summed E-state index contributed by atoms with van der Waals surface area (Å²) < 4.78 is 18.9. The normalized spacial score (nSPS) is 28.4. The highest BCUT2D eigenvalue weighted by Crippen LogP contribution is 2.54. The van der Waals surface area contributed by atoms with Crippen LogP contribution in [0.3, 0.4) is 0 Å². The van der Waals surface area contributed by atoms with Crippen molar-refractivity contribution in [2.45, 2.75) is 51.7 Å². The highest BCUT2D eigenvalue weighted by atomic mass is 31.2. The Morgan fingerprint density at radius 1 is 1.40 bits per heavy atom. The van der Waals surface area contributed by atoms with Gasteiger partial charge >= 0.3 is 0 Å². The minimum Gasteiger partial charge on any atom is -0.390 e. The van der Waals surface area contributed by atoms with Crippen molar-refractivity contribution in [3.63, 3.8) is 0 Å². The van der Waals surface area contributed by atoms with Crippen molar-refractivity contribution < 1.29 is 14.2 Å². The molecular formula is C16H25O3P. The second-order valence-electron chi connectivity index (χ2n) is 6.05. The number of benzene rings is 1. The molecule has 2 rings (SSSR count). The molecule has 0 radical (unpaired) electrons. The maximum Gasteiger partial charge on any atom is 0.232 e. The Balaban J connectivity index is 2.10. The third kappa shape index (κ3) is 3.52. The predicted molar refractivity (Wildman–Crippen MR) is 82.7 cm³/mol. The molecule has 112 valence electrons. The fraction of sp³-hybridized carbons (Fsp3) is 0.625. The Bertz CT molecular complexity index is 486. The van der Waals surface area contributed by atoms with Crippen LogP contribution >= 0.6 is 7.37 Å². The predicted octanol–water partition coefficient (Wildman–Crippen LogP) is 3.57. The van der Waals surface area contributed by atoms with Gasteiger partial charge in [-0.15, -0.1) is 0 Å². The smallest absolute Gasteiger partial charge is 0.232 e. The molecule has 1 aliphatic rings. The summed E-state index contributed by atoms with van der Waals surface area (Å²) in [5.41, 5.74) is -0.612. The average Bonchev–Trinajstić information content (AvgIpc) is 3.09. The second-order valence-corrected chi connectivity index (χ2v) is 8.57. The van der Waals surface area contributed by atoms with Gasteiger partial charge in [-0.2, -0.15) is 0 Å². The first-order chi connectivity index (χ1) is 9.39. The molecule has 1 N–H and O–H groups in total. The molecule has 3 nitrogen and oxygen atoms in total. The summed E-state index contributed by atoms with van der Waals surface area (Å²) in [6.45, 7) is 5.89. The molecule has 0 heterocycles. The largest absolute Gasteiger partial charge is 0.390 e. The average molecular weight is 296 g/mol. The lowest BCUT2D eigenvalue weighted by molar-refractivity contribution is 0.125. The van der Waals surface area contributed by atoms with Crippen molar-refractivity contribution >= 4 is 12.7 Å². The summed E-state index contributed by atoms with van der Waals surface area (Å²) in [6, 6.07) is 9.39. The van der Waals surface area contributed by atoms with Crippen LogP contribution in [0.2, 0.25) is 0 Å². The van der Waals surface area contributed by atoms with Gasteiger partial charge in [0.15, 0.2) is 0 Å². The van der Waals surface area contributed by atoms with Crippen LogP contribution in [0.4, 0.5) is 0 Å². The van der Waals surface area contributed by atoms with Crippen LogP contribution in [0.25, 0.3) is 0 Å². The van der Waals surface area contributed by atoms with Crippen molar-refractivity contribution in [2.75, 3.05) is 6.16 Å². The van der Waals surface area contributed by atoms with Gasteiger partial charge < -0.3 is 9.63 Å². The highest BCUT2D eigenvalue weighted by molar-refractivity contribution is 7.67. The Kier molecular flexibility index (Phi) is 4.73. The molecule has 1 unspecified atom stereocenters. The molecule has 1 aliphatic carbocycles. The van der Waals surface area contributed by atoms with Gasteiger partial charge in [0, 0.05) is 11.5 Å². The molecule has 1 aromatic rings. The van der Waals surface area contributed by atoms with E-state index in [1.54, 1.807) is 0 Å². The lowest BCUT2D eigenvalue weighted by atomic mass is 10.2. The SMILES string of the molecule is CC[C@H]1C[C@@]1(O)CCP(=O)(OC(C)C)c1ccccc1. The quantitative estimate of drug-likeness (QED) is 0.782. The molecule has 20 heavy (non-hydrogen) atoms. The molecule has 4 heteroatoms. The van der Waals surface area contributed by atoms with Crippen molar-refractivity contribution in [1.29, 1.82) is 0 Å². The maximum absolute atomic E-state index is 13.2. The topological polar surface area (TPSA) is 46.5 Å². The van der Waals surface area contributed by atoms with E-state index in [4.69, 9.17) is 4.52 Å². The summed E-state index contributed by atoms with van der Waals surface area (Å²) >= 11 is 0. The monoisotopic (exact) mass is 296 g/mol. The number of rotatable bonds is 7. The van der Waals surface area contributed by atoms with Crippen LogP contribution in [-0.2, 0) is 9.09 Å². The standard InChI is InChI=1S/C16H25O3P/c1-4-14-12-16(14,17)10-11-20(18,19-13(2)3)15-8-6-5-7-9-15/h5-9,13-14,17H,4,10-12H2,1-3H3/t14-,16-,20?/m0/s1. The first-order valence-electron chi connectivity index (χ1n) is 7.45. The van der Waals surface area contributed by atoms with Crippen LogP contribution in [0, 0.1) is 5.92 Å². The zero-order chi connectivity index (χ0) is 14.8. The van der Waals surface area contributed by atoms with Gasteiger partial charge in [0.05, 0.1) is 11.7 Å². The lowest BCUT2D eigenvalue weighted by Crippen LogP contribution is -2.19. The van der Waals surface area contributed by atoms with Crippen LogP contribution < -0.4 is 5.30 Å². The number of aliphatic hydroxyl groups is 1. The molecule has 1 aromatic carbocycles. The van der Waals surface area contributed by atoms with Crippen molar-refractivity contribution in [2.24, 2.45) is 5.92 Å². The van der Waals surface area contributed by atoms with Crippen LogP contribution in [0.15, 0.2) is 30.3 Å². The molecule has 0 aromatic heterocycles. The van der Waals surface area contributed by atoms with E-state index in [1.807, 2.05) is 44.2 Å². The molecule has 3 atom stereocenters. The fourth-order valence-corrected chi connectivity index (χ4v) is 5.25. The van der Waals surface area contributed by atoms with Gasteiger partial charge in [-0.25, -0.2) is 0 Å². The molecule has 0 amide bonds. The third-order valence-electron chi connectivity index (χ3n) is 4.06. The van der Waals surface area contributed by atoms with Gasteiger partial charge in [-0.3, -0.25) is 4.57 Å². The molecule has 1 fully saturated rings. The Morgan fingerprint density at radius 2 is 2.05 bits per heavy atom. The molecule has 0 bridgehead atoms. The minimum absolute atomic E-state index is 0.0862. The first-order valence-corrected chi connectivity index (χ1v) is 9.26. The van der Waals surface area contributed by atoms with Gasteiger partial charge in [0.25, 0.3) is 0 Å². The number of hydrogen-bond acceptors (Lipinski definition) is 3. The van der Waals surface area contributed by atoms with Crippen LogP contribution in [-0.4, -0.2) is 23.0 Å². The Hall–Kier alpha value is -0.630. The maximum atomic E-state index is 13.2. The van der Waals surface area contributed by atoms with Gasteiger partial charge in [-0.05, 0) is 44.7 Å². The van der Waals surface area contributed by atoms with E-state index in [9.17, 15) is 9.67 Å². The summed E-state index contributed by atoms with van der Waals surface area (Å²) in [5.74, 6) is 0.366. The zero-order valence-electron chi connectivity index (χ0n) is 12.6. The second kappa shape index (κ2) is 6.01. The Labute approximate surface area is 121 Å². The van der Waals surface area contributed by atoms with Crippen molar-refractivity contribution in [1.82, 2.24) is 0 Å².